The van der Waals surface area contributed by atoms with Gasteiger partial charge in [-0.2, -0.15) is 0 Å². The standard InChI is InChI=1S/C17H26ClN/c1-13-12-17(18)14(2)11-15(13)7-5-3-4-6-10-19-16-8-9-16/h11-12,16,19H,3-10H2,1-2H3. The first-order valence-corrected chi connectivity index (χ1v) is 8.03. The zero-order chi connectivity index (χ0) is 13.7. The molecule has 1 aromatic rings. The van der Waals surface area contributed by atoms with Crippen LogP contribution in [0.25, 0.3) is 0 Å². The second-order valence-corrected chi connectivity index (χ2v) is 6.33. The number of benzene rings is 1. The van der Waals surface area contributed by atoms with Crippen molar-refractivity contribution < 1.29 is 0 Å². The van der Waals surface area contributed by atoms with E-state index in [1.54, 1.807) is 0 Å². The molecule has 1 nitrogen and oxygen atoms in total. The van der Waals surface area contributed by atoms with Crippen molar-refractivity contribution in [2.75, 3.05) is 6.54 Å². The first-order valence-electron chi connectivity index (χ1n) is 7.66. The Kier molecular flexibility index (Phi) is 5.72. The van der Waals surface area contributed by atoms with E-state index in [0.29, 0.717) is 0 Å². The van der Waals surface area contributed by atoms with Crippen molar-refractivity contribution in [3.63, 3.8) is 0 Å². The van der Waals surface area contributed by atoms with Crippen LogP contribution in [-0.2, 0) is 6.42 Å². The molecule has 0 radical (unpaired) electrons. The van der Waals surface area contributed by atoms with Crippen LogP contribution in [-0.4, -0.2) is 12.6 Å². The van der Waals surface area contributed by atoms with Gasteiger partial charge in [0.05, 0.1) is 0 Å². The van der Waals surface area contributed by atoms with Gasteiger partial charge in [-0.1, -0.05) is 30.5 Å². The molecule has 0 spiro atoms. The molecule has 0 aromatic heterocycles. The summed E-state index contributed by atoms with van der Waals surface area (Å²) in [5.41, 5.74) is 4.01. The molecule has 0 amide bonds. The van der Waals surface area contributed by atoms with Crippen LogP contribution in [0.15, 0.2) is 12.1 Å². The topological polar surface area (TPSA) is 12.0 Å². The molecule has 106 valence electrons. The lowest BCUT2D eigenvalue weighted by atomic mass is 9.99. The molecule has 2 heteroatoms. The average Bonchev–Trinajstić information content (AvgIpc) is 3.18. The van der Waals surface area contributed by atoms with Crippen LogP contribution in [0.4, 0.5) is 0 Å². The van der Waals surface area contributed by atoms with Crippen molar-refractivity contribution in [1.29, 1.82) is 0 Å². The maximum Gasteiger partial charge on any atom is 0.0438 e. The lowest BCUT2D eigenvalue weighted by Gasteiger charge is -2.09. The SMILES string of the molecule is Cc1cc(CCCCCCNC2CC2)c(C)cc1Cl. The fourth-order valence-electron chi connectivity index (χ4n) is 2.50. The fourth-order valence-corrected chi connectivity index (χ4v) is 2.72. The van der Waals surface area contributed by atoms with E-state index in [0.717, 1.165) is 11.1 Å². The Labute approximate surface area is 122 Å². The zero-order valence-electron chi connectivity index (χ0n) is 12.3. The van der Waals surface area contributed by atoms with Crippen LogP contribution in [0, 0.1) is 13.8 Å². The normalized spacial score (nSPS) is 14.9. The van der Waals surface area contributed by atoms with Crippen molar-refractivity contribution in [3.8, 4) is 0 Å². The largest absolute Gasteiger partial charge is 0.314 e. The van der Waals surface area contributed by atoms with Gasteiger partial charge < -0.3 is 5.32 Å². The van der Waals surface area contributed by atoms with Gasteiger partial charge in [0.25, 0.3) is 0 Å². The molecule has 1 aliphatic rings. The average molecular weight is 280 g/mol. The van der Waals surface area contributed by atoms with Crippen molar-refractivity contribution in [1.82, 2.24) is 5.32 Å². The molecule has 0 aliphatic heterocycles. The van der Waals surface area contributed by atoms with Gasteiger partial charge >= 0.3 is 0 Å². The second-order valence-electron chi connectivity index (χ2n) is 5.92. The summed E-state index contributed by atoms with van der Waals surface area (Å²) in [6, 6.07) is 5.22. The van der Waals surface area contributed by atoms with E-state index in [4.69, 9.17) is 11.6 Å². The minimum atomic E-state index is 0.861. The summed E-state index contributed by atoms with van der Waals surface area (Å²) in [4.78, 5) is 0. The number of nitrogens with one attached hydrogen (secondary N) is 1. The molecular weight excluding hydrogens is 254 g/mol. The highest BCUT2D eigenvalue weighted by atomic mass is 35.5. The zero-order valence-corrected chi connectivity index (χ0v) is 13.0. The summed E-state index contributed by atoms with van der Waals surface area (Å²) in [6.45, 7) is 5.47. The van der Waals surface area contributed by atoms with Gasteiger partial charge in [0, 0.05) is 11.1 Å². The van der Waals surface area contributed by atoms with E-state index in [1.165, 1.54) is 68.2 Å². The van der Waals surface area contributed by atoms with Gasteiger partial charge in [0.2, 0.25) is 0 Å². The van der Waals surface area contributed by atoms with E-state index in [9.17, 15) is 0 Å². The van der Waals surface area contributed by atoms with Crippen LogP contribution in [0.2, 0.25) is 5.02 Å². The summed E-state index contributed by atoms with van der Waals surface area (Å²) in [7, 11) is 0. The van der Waals surface area contributed by atoms with Crippen molar-refractivity contribution >= 4 is 11.6 Å². The number of halogens is 1. The van der Waals surface area contributed by atoms with E-state index in [1.807, 2.05) is 0 Å². The summed E-state index contributed by atoms with van der Waals surface area (Å²) < 4.78 is 0. The Morgan fingerprint density at radius 1 is 1.05 bits per heavy atom. The Morgan fingerprint density at radius 2 is 1.79 bits per heavy atom. The fraction of sp³-hybridized carbons (Fsp3) is 0.647. The Balaban J connectivity index is 1.60. The van der Waals surface area contributed by atoms with Crippen molar-refractivity contribution in [2.24, 2.45) is 0 Å². The smallest absolute Gasteiger partial charge is 0.0438 e. The first kappa shape index (κ1) is 14.9. The molecule has 0 atom stereocenters. The van der Waals surface area contributed by atoms with Crippen LogP contribution >= 0.6 is 11.6 Å². The molecule has 1 fully saturated rings. The monoisotopic (exact) mass is 279 g/mol. The first-order chi connectivity index (χ1) is 9.16. The quantitative estimate of drug-likeness (QED) is 0.673. The van der Waals surface area contributed by atoms with Gasteiger partial charge in [-0.15, -0.1) is 0 Å². The van der Waals surface area contributed by atoms with Gasteiger partial charge in [0.1, 0.15) is 0 Å². The van der Waals surface area contributed by atoms with E-state index in [2.05, 4.69) is 31.3 Å². The second kappa shape index (κ2) is 7.31. The number of aryl methyl sites for hydroxylation is 3. The maximum absolute atomic E-state index is 6.13. The van der Waals surface area contributed by atoms with Crippen LogP contribution in [0.1, 0.15) is 55.2 Å². The predicted octanol–water partition coefficient (Wildman–Crippen LogP) is 4.81. The summed E-state index contributed by atoms with van der Waals surface area (Å²) in [6.07, 6.45) is 9.31. The van der Waals surface area contributed by atoms with Crippen LogP contribution in [0.3, 0.4) is 0 Å². The molecule has 0 heterocycles. The minimum absolute atomic E-state index is 0.861. The highest BCUT2D eigenvalue weighted by Crippen LogP contribution is 2.22. The van der Waals surface area contributed by atoms with E-state index >= 15 is 0 Å². The lowest BCUT2D eigenvalue weighted by Crippen LogP contribution is -2.17. The number of unbranched alkanes of at least 4 members (excludes halogenated alkanes) is 3. The summed E-state index contributed by atoms with van der Waals surface area (Å²) >= 11 is 6.13. The highest BCUT2D eigenvalue weighted by Gasteiger charge is 2.19. The third-order valence-corrected chi connectivity index (χ3v) is 4.41. The Bertz CT molecular complexity index is 410. The molecule has 0 saturated heterocycles. The summed E-state index contributed by atoms with van der Waals surface area (Å²) in [5.74, 6) is 0. The van der Waals surface area contributed by atoms with Gasteiger partial charge in [-0.3, -0.25) is 0 Å². The predicted molar refractivity (Wildman–Crippen MR) is 84.1 cm³/mol. The molecule has 0 bridgehead atoms. The molecule has 1 N–H and O–H groups in total. The number of hydrogen-bond acceptors (Lipinski definition) is 1. The number of hydrogen-bond donors (Lipinski definition) is 1. The number of rotatable bonds is 8. The minimum Gasteiger partial charge on any atom is -0.314 e. The van der Waals surface area contributed by atoms with Crippen LogP contribution in [0.5, 0.6) is 0 Å². The Hall–Kier alpha value is -0.530. The lowest BCUT2D eigenvalue weighted by molar-refractivity contribution is 0.585. The molecule has 19 heavy (non-hydrogen) atoms. The third-order valence-electron chi connectivity index (χ3n) is 4.00. The van der Waals surface area contributed by atoms with E-state index < -0.39 is 0 Å². The molecule has 1 aromatic carbocycles. The van der Waals surface area contributed by atoms with Crippen molar-refractivity contribution in [2.45, 2.75) is 64.8 Å². The van der Waals surface area contributed by atoms with Gasteiger partial charge in [-0.25, -0.2) is 0 Å². The molecule has 1 aliphatic carbocycles. The third kappa shape index (κ3) is 5.16. The maximum atomic E-state index is 6.13. The van der Waals surface area contributed by atoms with Gasteiger partial charge in [0.15, 0.2) is 0 Å². The molecule has 2 rings (SSSR count). The molecular formula is C17H26ClN. The van der Waals surface area contributed by atoms with Gasteiger partial charge in [-0.05, 0) is 75.3 Å². The van der Waals surface area contributed by atoms with E-state index in [-0.39, 0.29) is 0 Å². The summed E-state index contributed by atoms with van der Waals surface area (Å²) in [5, 5.41) is 4.47. The molecule has 1 saturated carbocycles. The molecule has 0 unspecified atom stereocenters. The van der Waals surface area contributed by atoms with Crippen molar-refractivity contribution in [3.05, 3.63) is 33.8 Å². The highest BCUT2D eigenvalue weighted by molar-refractivity contribution is 6.31. The Morgan fingerprint density at radius 3 is 2.53 bits per heavy atom. The van der Waals surface area contributed by atoms with Crippen LogP contribution < -0.4 is 5.32 Å².